The van der Waals surface area contributed by atoms with Crippen molar-refractivity contribution in [2.45, 2.75) is 38.1 Å². The molecule has 0 bridgehead atoms. The molecule has 2 amide bonds. The highest BCUT2D eigenvalue weighted by atomic mass is 32.2. The molecule has 1 atom stereocenters. The molecular formula is C24H26N4O3S. The highest BCUT2D eigenvalue weighted by Gasteiger charge is 2.18. The third-order valence-corrected chi connectivity index (χ3v) is 5.99. The molecule has 7 nitrogen and oxygen atoms in total. The number of aromatic nitrogens is 2. The number of rotatable bonds is 7. The first kappa shape index (κ1) is 23.3. The SMILES string of the molecule is COc1ccccc1NC(=O)c1ccc(NC(=O)C(C)Sc2nc(C)c(C)c(C)n2)cc1. The Hall–Kier alpha value is -3.39. The Labute approximate surface area is 192 Å². The Balaban J connectivity index is 1.61. The smallest absolute Gasteiger partial charge is 0.255 e. The summed E-state index contributed by atoms with van der Waals surface area (Å²) in [4.78, 5) is 34.1. The molecule has 1 unspecified atom stereocenters. The summed E-state index contributed by atoms with van der Waals surface area (Å²) in [5, 5.41) is 5.89. The van der Waals surface area contributed by atoms with Crippen LogP contribution < -0.4 is 15.4 Å². The van der Waals surface area contributed by atoms with E-state index in [9.17, 15) is 9.59 Å². The Morgan fingerprint density at radius 1 is 0.938 bits per heavy atom. The van der Waals surface area contributed by atoms with Crippen LogP contribution in [0.1, 0.15) is 34.2 Å². The van der Waals surface area contributed by atoms with Crippen molar-refractivity contribution < 1.29 is 14.3 Å². The van der Waals surface area contributed by atoms with Gasteiger partial charge >= 0.3 is 0 Å². The molecule has 1 heterocycles. The van der Waals surface area contributed by atoms with Crippen LogP contribution >= 0.6 is 11.8 Å². The number of hydrogen-bond acceptors (Lipinski definition) is 6. The molecule has 166 valence electrons. The van der Waals surface area contributed by atoms with Gasteiger partial charge in [-0.05, 0) is 69.7 Å². The van der Waals surface area contributed by atoms with E-state index in [4.69, 9.17) is 4.74 Å². The predicted octanol–water partition coefficient (Wildman–Crippen LogP) is 4.78. The number of aryl methyl sites for hydroxylation is 2. The molecule has 0 aliphatic heterocycles. The maximum atomic E-state index is 12.6. The van der Waals surface area contributed by atoms with Gasteiger partial charge in [-0.2, -0.15) is 0 Å². The molecule has 3 aromatic rings. The van der Waals surface area contributed by atoms with Gasteiger partial charge in [0.25, 0.3) is 5.91 Å². The van der Waals surface area contributed by atoms with Gasteiger partial charge < -0.3 is 15.4 Å². The van der Waals surface area contributed by atoms with Crippen molar-refractivity contribution in [2.75, 3.05) is 17.7 Å². The van der Waals surface area contributed by atoms with Crippen molar-refractivity contribution in [1.29, 1.82) is 0 Å². The van der Waals surface area contributed by atoms with E-state index in [1.807, 2.05) is 39.8 Å². The quantitative estimate of drug-likeness (QED) is 0.397. The molecule has 0 radical (unpaired) electrons. The molecule has 2 N–H and O–H groups in total. The number of nitrogens with zero attached hydrogens (tertiary/aromatic N) is 2. The maximum absolute atomic E-state index is 12.6. The number of amides is 2. The minimum absolute atomic E-state index is 0.166. The van der Waals surface area contributed by atoms with Gasteiger partial charge in [0.1, 0.15) is 5.75 Å². The molecule has 0 saturated heterocycles. The average Bonchev–Trinajstić information content (AvgIpc) is 2.78. The molecule has 0 spiro atoms. The van der Waals surface area contributed by atoms with E-state index in [-0.39, 0.29) is 17.1 Å². The van der Waals surface area contributed by atoms with Gasteiger partial charge in [-0.3, -0.25) is 9.59 Å². The predicted molar refractivity (Wildman–Crippen MR) is 128 cm³/mol. The van der Waals surface area contributed by atoms with Crippen LogP contribution in [0.15, 0.2) is 53.7 Å². The fraction of sp³-hybridized carbons (Fsp3) is 0.250. The summed E-state index contributed by atoms with van der Waals surface area (Å²) in [5.74, 6) is 0.151. The van der Waals surface area contributed by atoms with E-state index < -0.39 is 0 Å². The van der Waals surface area contributed by atoms with Crippen molar-refractivity contribution in [3.05, 3.63) is 71.0 Å². The standard InChI is InChI=1S/C24H26N4O3S/c1-14-15(2)25-24(26-16(14)3)32-17(4)22(29)27-19-12-10-18(11-13-19)23(30)28-20-8-6-7-9-21(20)31-5/h6-13,17H,1-5H3,(H,27,29)(H,28,30). The van der Waals surface area contributed by atoms with E-state index in [1.165, 1.54) is 11.8 Å². The summed E-state index contributed by atoms with van der Waals surface area (Å²) in [6.45, 7) is 7.66. The van der Waals surface area contributed by atoms with Gasteiger partial charge in [-0.25, -0.2) is 9.97 Å². The number of methoxy groups -OCH3 is 1. The number of anilines is 2. The third-order valence-electron chi connectivity index (χ3n) is 5.03. The third kappa shape index (κ3) is 5.64. The largest absolute Gasteiger partial charge is 0.495 e. The van der Waals surface area contributed by atoms with Crippen LogP contribution in [0.2, 0.25) is 0 Å². The molecule has 0 fully saturated rings. The highest BCUT2D eigenvalue weighted by Crippen LogP contribution is 2.25. The zero-order chi connectivity index (χ0) is 23.3. The van der Waals surface area contributed by atoms with Gasteiger partial charge in [0.2, 0.25) is 5.91 Å². The number of carbonyl (C=O) groups is 2. The van der Waals surface area contributed by atoms with Crippen LogP contribution in [0.3, 0.4) is 0 Å². The zero-order valence-corrected chi connectivity index (χ0v) is 19.5. The summed E-state index contributed by atoms with van der Waals surface area (Å²) in [6, 6.07) is 13.9. The summed E-state index contributed by atoms with van der Waals surface area (Å²) in [5.41, 5.74) is 4.54. The van der Waals surface area contributed by atoms with E-state index in [0.717, 1.165) is 17.0 Å². The van der Waals surface area contributed by atoms with Crippen molar-refractivity contribution >= 4 is 35.0 Å². The van der Waals surface area contributed by atoms with Crippen molar-refractivity contribution in [3.8, 4) is 5.75 Å². The minimum atomic E-state index is -0.384. The lowest BCUT2D eigenvalue weighted by Crippen LogP contribution is -2.23. The Kier molecular flexibility index (Phi) is 7.48. The topological polar surface area (TPSA) is 93.2 Å². The van der Waals surface area contributed by atoms with Gasteiger partial charge in [-0.1, -0.05) is 23.9 Å². The van der Waals surface area contributed by atoms with Crippen LogP contribution in [0.4, 0.5) is 11.4 Å². The number of ether oxygens (including phenoxy) is 1. The first-order valence-corrected chi connectivity index (χ1v) is 11.0. The number of nitrogens with one attached hydrogen (secondary N) is 2. The minimum Gasteiger partial charge on any atom is -0.495 e. The zero-order valence-electron chi connectivity index (χ0n) is 18.7. The lowest BCUT2D eigenvalue weighted by molar-refractivity contribution is -0.115. The molecule has 2 aromatic carbocycles. The molecule has 3 rings (SSSR count). The van der Waals surface area contributed by atoms with E-state index in [0.29, 0.717) is 27.8 Å². The lowest BCUT2D eigenvalue weighted by Gasteiger charge is -2.13. The summed E-state index contributed by atoms with van der Waals surface area (Å²) >= 11 is 1.31. The molecule has 0 aliphatic rings. The molecule has 8 heteroatoms. The van der Waals surface area contributed by atoms with Gasteiger partial charge in [0.15, 0.2) is 5.16 Å². The van der Waals surface area contributed by atoms with Crippen molar-refractivity contribution in [1.82, 2.24) is 9.97 Å². The second-order valence-electron chi connectivity index (χ2n) is 7.28. The molecule has 0 saturated carbocycles. The Morgan fingerprint density at radius 2 is 1.56 bits per heavy atom. The van der Waals surface area contributed by atoms with Crippen LogP contribution in [0.5, 0.6) is 5.75 Å². The maximum Gasteiger partial charge on any atom is 0.255 e. The van der Waals surface area contributed by atoms with Gasteiger partial charge in [0.05, 0.1) is 18.0 Å². The molecule has 32 heavy (non-hydrogen) atoms. The number of carbonyl (C=O) groups excluding carboxylic acids is 2. The highest BCUT2D eigenvalue weighted by molar-refractivity contribution is 8.00. The summed E-state index contributed by atoms with van der Waals surface area (Å²) in [7, 11) is 1.55. The van der Waals surface area contributed by atoms with Crippen LogP contribution in [0.25, 0.3) is 0 Å². The molecule has 0 aliphatic carbocycles. The van der Waals surface area contributed by atoms with E-state index in [2.05, 4.69) is 20.6 Å². The first-order valence-electron chi connectivity index (χ1n) is 10.1. The fourth-order valence-electron chi connectivity index (χ4n) is 2.90. The number of para-hydroxylation sites is 2. The molecular weight excluding hydrogens is 424 g/mol. The first-order chi connectivity index (χ1) is 15.3. The summed E-state index contributed by atoms with van der Waals surface area (Å²) < 4.78 is 5.26. The lowest BCUT2D eigenvalue weighted by atomic mass is 10.2. The van der Waals surface area contributed by atoms with Crippen LogP contribution in [-0.2, 0) is 4.79 Å². The molecule has 1 aromatic heterocycles. The number of thioether (sulfide) groups is 1. The van der Waals surface area contributed by atoms with Crippen molar-refractivity contribution in [2.24, 2.45) is 0 Å². The van der Waals surface area contributed by atoms with Crippen LogP contribution in [-0.4, -0.2) is 34.1 Å². The number of hydrogen-bond donors (Lipinski definition) is 2. The number of benzene rings is 2. The van der Waals surface area contributed by atoms with Gasteiger partial charge in [0, 0.05) is 22.6 Å². The average molecular weight is 451 g/mol. The monoisotopic (exact) mass is 450 g/mol. The second kappa shape index (κ2) is 10.3. The van der Waals surface area contributed by atoms with Gasteiger partial charge in [-0.15, -0.1) is 0 Å². The normalized spacial score (nSPS) is 11.5. The summed E-state index contributed by atoms with van der Waals surface area (Å²) in [6.07, 6.45) is 0. The van der Waals surface area contributed by atoms with E-state index in [1.54, 1.807) is 43.5 Å². The fourth-order valence-corrected chi connectivity index (χ4v) is 3.76. The van der Waals surface area contributed by atoms with E-state index >= 15 is 0 Å². The Bertz CT molecular complexity index is 1110. The van der Waals surface area contributed by atoms with Crippen molar-refractivity contribution in [3.63, 3.8) is 0 Å². The second-order valence-corrected chi connectivity index (χ2v) is 8.59. The van der Waals surface area contributed by atoms with Crippen LogP contribution in [0, 0.1) is 20.8 Å². The Morgan fingerprint density at radius 3 is 2.19 bits per heavy atom.